The van der Waals surface area contributed by atoms with E-state index >= 15 is 0 Å². The monoisotopic (exact) mass is 486 g/mol. The molecule has 0 unspecified atom stereocenters. The molecule has 7 heteroatoms. The van der Waals surface area contributed by atoms with Crippen LogP contribution < -0.4 is 16.0 Å². The fraction of sp³-hybridized carbons (Fsp3) is 0.368. The minimum absolute atomic E-state index is 0. The maximum Gasteiger partial charge on any atom is 0.251 e. The van der Waals surface area contributed by atoms with E-state index in [0.717, 1.165) is 24.6 Å². The normalized spacial score (nSPS) is 10.8. The predicted molar refractivity (Wildman–Crippen MR) is 121 cm³/mol. The van der Waals surface area contributed by atoms with Crippen LogP contribution in [0.25, 0.3) is 0 Å². The number of hydrogen-bond donors (Lipinski definition) is 3. The number of benzene rings is 1. The summed E-state index contributed by atoms with van der Waals surface area (Å²) in [6.45, 7) is 8.77. The van der Waals surface area contributed by atoms with E-state index in [0.29, 0.717) is 18.7 Å². The Morgan fingerprint density at radius 2 is 1.88 bits per heavy atom. The highest BCUT2D eigenvalue weighted by Crippen LogP contribution is 2.14. The van der Waals surface area contributed by atoms with Gasteiger partial charge in [0.2, 0.25) is 0 Å². The minimum Gasteiger partial charge on any atom is -0.357 e. The molecule has 0 bridgehead atoms. The molecule has 0 spiro atoms. The maximum absolute atomic E-state index is 11.9. The van der Waals surface area contributed by atoms with Crippen LogP contribution in [0.15, 0.2) is 40.7 Å². The van der Waals surface area contributed by atoms with E-state index in [1.807, 2.05) is 38.1 Å². The summed E-state index contributed by atoms with van der Waals surface area (Å²) in [6, 6.07) is 9.71. The van der Waals surface area contributed by atoms with Crippen LogP contribution in [0.5, 0.6) is 0 Å². The summed E-state index contributed by atoms with van der Waals surface area (Å²) < 4.78 is 0. The van der Waals surface area contributed by atoms with E-state index in [2.05, 4.69) is 39.3 Å². The SMILES string of the molecule is CCNC(=O)c1cccc(CN=C(NCC)NCc2sccc2C)c1.I. The van der Waals surface area contributed by atoms with Gasteiger partial charge in [-0.1, -0.05) is 12.1 Å². The van der Waals surface area contributed by atoms with Crippen LogP contribution in [0.2, 0.25) is 0 Å². The first kappa shape index (κ1) is 22.4. The highest BCUT2D eigenvalue weighted by Gasteiger charge is 2.05. The first-order valence-electron chi connectivity index (χ1n) is 8.56. The summed E-state index contributed by atoms with van der Waals surface area (Å²) in [5.74, 6) is 0.727. The molecule has 26 heavy (non-hydrogen) atoms. The molecule has 3 N–H and O–H groups in total. The Morgan fingerprint density at radius 3 is 2.54 bits per heavy atom. The lowest BCUT2D eigenvalue weighted by Gasteiger charge is -2.11. The van der Waals surface area contributed by atoms with E-state index < -0.39 is 0 Å². The zero-order valence-electron chi connectivity index (χ0n) is 15.5. The highest BCUT2D eigenvalue weighted by molar-refractivity contribution is 14.0. The number of hydrogen-bond acceptors (Lipinski definition) is 3. The lowest BCUT2D eigenvalue weighted by molar-refractivity contribution is 0.0955. The lowest BCUT2D eigenvalue weighted by atomic mass is 10.1. The Bertz CT molecular complexity index is 730. The van der Waals surface area contributed by atoms with E-state index in [1.165, 1.54) is 10.4 Å². The maximum atomic E-state index is 11.9. The fourth-order valence-electron chi connectivity index (χ4n) is 2.33. The second kappa shape index (κ2) is 11.9. The number of amides is 1. The van der Waals surface area contributed by atoms with Gasteiger partial charge in [0.25, 0.3) is 5.91 Å². The largest absolute Gasteiger partial charge is 0.357 e. The van der Waals surface area contributed by atoms with Crippen LogP contribution >= 0.6 is 35.3 Å². The van der Waals surface area contributed by atoms with Crippen molar-refractivity contribution in [3.8, 4) is 0 Å². The molecule has 0 aliphatic heterocycles. The summed E-state index contributed by atoms with van der Waals surface area (Å²) in [4.78, 5) is 17.9. The molecule has 2 rings (SSSR count). The van der Waals surface area contributed by atoms with Crippen molar-refractivity contribution in [2.24, 2.45) is 4.99 Å². The average Bonchev–Trinajstić information content (AvgIpc) is 3.03. The van der Waals surface area contributed by atoms with Crippen molar-refractivity contribution in [3.63, 3.8) is 0 Å². The molecule has 2 aromatic rings. The molecule has 0 saturated carbocycles. The third-order valence-electron chi connectivity index (χ3n) is 3.68. The molecule has 0 aliphatic carbocycles. The van der Waals surface area contributed by atoms with Crippen molar-refractivity contribution < 1.29 is 4.79 Å². The van der Waals surface area contributed by atoms with E-state index in [-0.39, 0.29) is 29.9 Å². The van der Waals surface area contributed by atoms with Gasteiger partial charge in [0.05, 0.1) is 13.1 Å². The fourth-order valence-corrected chi connectivity index (χ4v) is 3.18. The molecule has 1 aromatic carbocycles. The number of carbonyl (C=O) groups excluding carboxylic acids is 1. The number of aliphatic imine (C=N–C) groups is 1. The van der Waals surface area contributed by atoms with Gasteiger partial charge in [-0.05, 0) is 55.5 Å². The standard InChI is InChI=1S/C19H26N4OS.HI/c1-4-20-18(24)16-8-6-7-15(11-16)12-22-19(21-5-2)23-13-17-14(3)9-10-25-17;/h6-11H,4-5,12-13H2,1-3H3,(H,20,24)(H2,21,22,23);1H. The number of aryl methyl sites for hydroxylation is 1. The topological polar surface area (TPSA) is 65.5 Å². The van der Waals surface area contributed by atoms with Crippen molar-refractivity contribution >= 4 is 47.2 Å². The average molecular weight is 486 g/mol. The van der Waals surface area contributed by atoms with Crippen molar-refractivity contribution in [1.29, 1.82) is 0 Å². The zero-order valence-corrected chi connectivity index (χ0v) is 18.6. The minimum atomic E-state index is -0.0495. The zero-order chi connectivity index (χ0) is 18.1. The Balaban J connectivity index is 0.00000338. The van der Waals surface area contributed by atoms with E-state index in [4.69, 9.17) is 0 Å². The highest BCUT2D eigenvalue weighted by atomic mass is 127. The third-order valence-corrected chi connectivity index (χ3v) is 4.70. The molecule has 0 saturated heterocycles. The Labute approximate surface area is 176 Å². The summed E-state index contributed by atoms with van der Waals surface area (Å²) in [7, 11) is 0. The number of nitrogens with zero attached hydrogens (tertiary/aromatic N) is 1. The van der Waals surface area contributed by atoms with Crippen LogP contribution in [-0.2, 0) is 13.1 Å². The summed E-state index contributed by atoms with van der Waals surface area (Å²) in [5, 5.41) is 11.5. The molecule has 1 amide bonds. The molecule has 5 nitrogen and oxygen atoms in total. The van der Waals surface area contributed by atoms with Crippen LogP contribution in [0, 0.1) is 6.92 Å². The molecule has 1 heterocycles. The summed E-state index contributed by atoms with van der Waals surface area (Å²) >= 11 is 1.74. The molecular formula is C19H27IN4OS. The van der Waals surface area contributed by atoms with Crippen LogP contribution in [0.1, 0.15) is 40.2 Å². The molecular weight excluding hydrogens is 459 g/mol. The molecule has 0 fully saturated rings. The Kier molecular flexibility index (Phi) is 10.3. The first-order valence-corrected chi connectivity index (χ1v) is 9.44. The van der Waals surface area contributed by atoms with Crippen LogP contribution in [-0.4, -0.2) is 25.0 Å². The third kappa shape index (κ3) is 6.95. The quantitative estimate of drug-likeness (QED) is 0.318. The van der Waals surface area contributed by atoms with Gasteiger partial charge in [-0.3, -0.25) is 4.79 Å². The van der Waals surface area contributed by atoms with Crippen molar-refractivity contribution in [2.45, 2.75) is 33.9 Å². The van der Waals surface area contributed by atoms with Gasteiger partial charge >= 0.3 is 0 Å². The number of nitrogens with one attached hydrogen (secondary N) is 3. The lowest BCUT2D eigenvalue weighted by Crippen LogP contribution is -2.36. The molecule has 0 radical (unpaired) electrons. The van der Waals surface area contributed by atoms with Crippen LogP contribution in [0.4, 0.5) is 0 Å². The van der Waals surface area contributed by atoms with Gasteiger partial charge in [0, 0.05) is 23.5 Å². The first-order chi connectivity index (χ1) is 12.1. The van der Waals surface area contributed by atoms with E-state index in [1.54, 1.807) is 11.3 Å². The smallest absolute Gasteiger partial charge is 0.251 e. The molecule has 0 aliphatic rings. The predicted octanol–water partition coefficient (Wildman–Crippen LogP) is 3.68. The number of carbonyl (C=O) groups is 1. The van der Waals surface area contributed by atoms with Gasteiger partial charge in [0.15, 0.2) is 5.96 Å². The van der Waals surface area contributed by atoms with Gasteiger partial charge in [-0.25, -0.2) is 4.99 Å². The summed E-state index contributed by atoms with van der Waals surface area (Å²) in [6.07, 6.45) is 0. The second-order valence-electron chi connectivity index (χ2n) is 5.64. The van der Waals surface area contributed by atoms with Gasteiger partial charge in [0.1, 0.15) is 0 Å². The molecule has 142 valence electrons. The second-order valence-corrected chi connectivity index (χ2v) is 6.64. The Hall–Kier alpha value is -1.61. The number of guanidine groups is 1. The van der Waals surface area contributed by atoms with E-state index in [9.17, 15) is 4.79 Å². The van der Waals surface area contributed by atoms with Gasteiger partial charge < -0.3 is 16.0 Å². The number of thiophene rings is 1. The van der Waals surface area contributed by atoms with Crippen molar-refractivity contribution in [3.05, 3.63) is 57.3 Å². The van der Waals surface area contributed by atoms with Gasteiger partial charge in [-0.2, -0.15) is 0 Å². The van der Waals surface area contributed by atoms with Crippen molar-refractivity contribution in [1.82, 2.24) is 16.0 Å². The van der Waals surface area contributed by atoms with Crippen LogP contribution in [0.3, 0.4) is 0 Å². The summed E-state index contributed by atoms with van der Waals surface area (Å²) in [5.41, 5.74) is 2.97. The Morgan fingerprint density at radius 1 is 1.12 bits per heavy atom. The molecule has 1 aromatic heterocycles. The number of rotatable bonds is 7. The number of halogens is 1. The molecule has 0 atom stereocenters. The van der Waals surface area contributed by atoms with Crippen molar-refractivity contribution in [2.75, 3.05) is 13.1 Å². The van der Waals surface area contributed by atoms with Gasteiger partial charge in [-0.15, -0.1) is 35.3 Å².